The van der Waals surface area contributed by atoms with Crippen LogP contribution in [0.3, 0.4) is 0 Å². The summed E-state index contributed by atoms with van der Waals surface area (Å²) in [6.45, 7) is 5.76. The van der Waals surface area contributed by atoms with Crippen LogP contribution in [0.15, 0.2) is 54.6 Å². The van der Waals surface area contributed by atoms with Gasteiger partial charge in [0.05, 0.1) is 0 Å². The first kappa shape index (κ1) is 21.4. The summed E-state index contributed by atoms with van der Waals surface area (Å²) in [6.07, 6.45) is 4.57. The first-order valence-electron chi connectivity index (χ1n) is 11.4. The molecule has 0 radical (unpaired) electrons. The quantitative estimate of drug-likeness (QED) is 0.812. The van der Waals surface area contributed by atoms with E-state index in [0.29, 0.717) is 18.7 Å². The van der Waals surface area contributed by atoms with E-state index in [1.165, 1.54) is 18.4 Å². The van der Waals surface area contributed by atoms with Crippen molar-refractivity contribution in [1.82, 2.24) is 14.7 Å². The maximum atomic E-state index is 12.7. The molecule has 164 valence electrons. The average molecular weight is 421 g/mol. The second-order valence-electron chi connectivity index (χ2n) is 8.46. The van der Waals surface area contributed by atoms with Crippen molar-refractivity contribution in [2.75, 3.05) is 44.6 Å². The number of likely N-dealkylation sites (tertiary alicyclic amines) is 1. The zero-order chi connectivity index (χ0) is 21.5. The highest BCUT2D eigenvalue weighted by atomic mass is 16.2. The van der Waals surface area contributed by atoms with Crippen LogP contribution >= 0.6 is 0 Å². The van der Waals surface area contributed by atoms with E-state index in [1.807, 2.05) is 40.1 Å². The van der Waals surface area contributed by atoms with Gasteiger partial charge >= 0.3 is 6.03 Å². The number of amides is 3. The first-order chi connectivity index (χ1) is 15.2. The third-order valence-corrected chi connectivity index (χ3v) is 6.18. The molecule has 2 aliphatic rings. The van der Waals surface area contributed by atoms with Crippen LogP contribution in [-0.4, -0.2) is 65.9 Å². The molecule has 6 nitrogen and oxygen atoms in total. The zero-order valence-electron chi connectivity index (χ0n) is 18.1. The molecule has 0 aliphatic carbocycles. The third-order valence-electron chi connectivity index (χ3n) is 6.18. The molecule has 6 heteroatoms. The van der Waals surface area contributed by atoms with Gasteiger partial charge in [-0.1, -0.05) is 43.2 Å². The summed E-state index contributed by atoms with van der Waals surface area (Å²) in [6, 6.07) is 17.7. The number of anilines is 1. The zero-order valence-corrected chi connectivity index (χ0v) is 18.1. The van der Waals surface area contributed by atoms with Crippen LogP contribution in [0.25, 0.3) is 0 Å². The minimum atomic E-state index is -0.0778. The summed E-state index contributed by atoms with van der Waals surface area (Å²) in [4.78, 5) is 31.6. The Morgan fingerprint density at radius 1 is 0.710 bits per heavy atom. The minimum Gasteiger partial charge on any atom is -0.339 e. The van der Waals surface area contributed by atoms with E-state index in [0.717, 1.165) is 51.3 Å². The molecule has 3 amide bonds. The minimum absolute atomic E-state index is 0.0778. The van der Waals surface area contributed by atoms with Crippen LogP contribution in [0.1, 0.15) is 41.6 Å². The number of nitrogens with zero attached hydrogens (tertiary/aromatic N) is 3. The van der Waals surface area contributed by atoms with E-state index < -0.39 is 0 Å². The lowest BCUT2D eigenvalue weighted by Crippen LogP contribution is -2.49. The summed E-state index contributed by atoms with van der Waals surface area (Å²) < 4.78 is 0. The lowest BCUT2D eigenvalue weighted by Gasteiger charge is -2.34. The van der Waals surface area contributed by atoms with Crippen LogP contribution in [0.4, 0.5) is 10.5 Å². The van der Waals surface area contributed by atoms with Crippen LogP contribution < -0.4 is 5.32 Å². The molecule has 0 aromatic heterocycles. The Labute approximate surface area is 184 Å². The van der Waals surface area contributed by atoms with E-state index >= 15 is 0 Å². The van der Waals surface area contributed by atoms with Gasteiger partial charge in [0, 0.05) is 57.1 Å². The monoisotopic (exact) mass is 420 g/mol. The highest BCUT2D eigenvalue weighted by Gasteiger charge is 2.22. The van der Waals surface area contributed by atoms with Crippen molar-refractivity contribution in [1.29, 1.82) is 0 Å². The predicted molar refractivity (Wildman–Crippen MR) is 123 cm³/mol. The molecule has 0 spiro atoms. The summed E-state index contributed by atoms with van der Waals surface area (Å²) >= 11 is 0. The Hall–Kier alpha value is -2.86. The maximum absolute atomic E-state index is 12.7. The van der Waals surface area contributed by atoms with Crippen LogP contribution in [-0.2, 0) is 6.54 Å². The topological polar surface area (TPSA) is 55.9 Å². The fraction of sp³-hybridized carbons (Fsp3) is 0.440. The largest absolute Gasteiger partial charge is 0.339 e. The Balaban J connectivity index is 1.25. The van der Waals surface area contributed by atoms with E-state index in [1.54, 1.807) is 0 Å². The SMILES string of the molecule is O=C(Nc1ccc(C(=O)N2CCCCCC2)cc1)N1CCN(Cc2ccccc2)CC1. The molecular formula is C25H32N4O2. The molecule has 2 aromatic carbocycles. The average Bonchev–Trinajstić information content (AvgIpc) is 3.10. The summed E-state index contributed by atoms with van der Waals surface area (Å²) in [5.74, 6) is 0.0920. The molecule has 2 fully saturated rings. The van der Waals surface area contributed by atoms with Gasteiger partial charge in [-0.05, 0) is 42.7 Å². The van der Waals surface area contributed by atoms with Crippen LogP contribution in [0.2, 0.25) is 0 Å². The smallest absolute Gasteiger partial charge is 0.321 e. The van der Waals surface area contributed by atoms with Gasteiger partial charge < -0.3 is 15.1 Å². The second kappa shape index (κ2) is 10.4. The van der Waals surface area contributed by atoms with E-state index in [-0.39, 0.29) is 11.9 Å². The number of benzene rings is 2. The number of rotatable bonds is 4. The van der Waals surface area contributed by atoms with Gasteiger partial charge in [-0.15, -0.1) is 0 Å². The number of carbonyl (C=O) groups excluding carboxylic acids is 2. The highest BCUT2D eigenvalue weighted by molar-refractivity contribution is 5.95. The molecule has 0 bridgehead atoms. The van der Waals surface area contributed by atoms with Crippen LogP contribution in [0, 0.1) is 0 Å². The molecule has 2 heterocycles. The van der Waals surface area contributed by atoms with Gasteiger partial charge in [0.25, 0.3) is 5.91 Å². The first-order valence-corrected chi connectivity index (χ1v) is 11.4. The van der Waals surface area contributed by atoms with E-state index in [4.69, 9.17) is 0 Å². The Morgan fingerprint density at radius 2 is 1.35 bits per heavy atom. The second-order valence-corrected chi connectivity index (χ2v) is 8.46. The number of urea groups is 1. The molecular weight excluding hydrogens is 388 g/mol. The van der Waals surface area contributed by atoms with E-state index in [2.05, 4.69) is 34.5 Å². The fourth-order valence-electron chi connectivity index (χ4n) is 4.31. The molecule has 0 unspecified atom stereocenters. The molecule has 2 saturated heterocycles. The van der Waals surface area contributed by atoms with Crippen molar-refractivity contribution in [3.63, 3.8) is 0 Å². The normalized spacial score (nSPS) is 17.8. The molecule has 0 atom stereocenters. The number of piperazine rings is 1. The summed E-state index contributed by atoms with van der Waals surface area (Å²) in [7, 11) is 0. The Kier molecular flexibility index (Phi) is 7.20. The number of hydrogen-bond acceptors (Lipinski definition) is 3. The predicted octanol–water partition coefficient (Wildman–Crippen LogP) is 4.05. The Bertz CT molecular complexity index is 853. The molecule has 31 heavy (non-hydrogen) atoms. The molecule has 2 aliphatic heterocycles. The van der Waals surface area contributed by atoms with Gasteiger partial charge in [0.2, 0.25) is 0 Å². The molecule has 1 N–H and O–H groups in total. The standard InChI is InChI=1S/C25H32N4O2/c30-24(28-14-6-1-2-7-15-28)22-10-12-23(13-11-22)26-25(31)29-18-16-27(17-19-29)20-21-8-4-3-5-9-21/h3-5,8-13H,1-2,6-7,14-20H2,(H,26,31). The lowest BCUT2D eigenvalue weighted by molar-refractivity contribution is 0.0761. The van der Waals surface area contributed by atoms with Crippen molar-refractivity contribution in [3.05, 3.63) is 65.7 Å². The van der Waals surface area contributed by atoms with Crippen LogP contribution in [0.5, 0.6) is 0 Å². The van der Waals surface area contributed by atoms with Gasteiger partial charge in [-0.2, -0.15) is 0 Å². The van der Waals surface area contributed by atoms with Gasteiger partial charge in [-0.25, -0.2) is 4.79 Å². The van der Waals surface area contributed by atoms with Crippen molar-refractivity contribution in [2.24, 2.45) is 0 Å². The van der Waals surface area contributed by atoms with Crippen molar-refractivity contribution in [3.8, 4) is 0 Å². The lowest BCUT2D eigenvalue weighted by atomic mass is 10.1. The number of carbonyl (C=O) groups is 2. The third kappa shape index (κ3) is 5.85. The van der Waals surface area contributed by atoms with Crippen molar-refractivity contribution >= 4 is 17.6 Å². The summed E-state index contributed by atoms with van der Waals surface area (Å²) in [5, 5.41) is 2.98. The Morgan fingerprint density at radius 3 is 2.00 bits per heavy atom. The maximum Gasteiger partial charge on any atom is 0.321 e. The fourth-order valence-corrected chi connectivity index (χ4v) is 4.31. The van der Waals surface area contributed by atoms with Crippen molar-refractivity contribution < 1.29 is 9.59 Å². The van der Waals surface area contributed by atoms with Gasteiger partial charge in [-0.3, -0.25) is 9.69 Å². The van der Waals surface area contributed by atoms with E-state index in [9.17, 15) is 9.59 Å². The number of nitrogens with one attached hydrogen (secondary N) is 1. The van der Waals surface area contributed by atoms with Gasteiger partial charge in [0.15, 0.2) is 0 Å². The summed E-state index contributed by atoms with van der Waals surface area (Å²) in [5.41, 5.74) is 2.72. The highest BCUT2D eigenvalue weighted by Crippen LogP contribution is 2.16. The molecule has 0 saturated carbocycles. The molecule has 4 rings (SSSR count). The number of hydrogen-bond donors (Lipinski definition) is 1. The molecule has 2 aromatic rings. The van der Waals surface area contributed by atoms with Gasteiger partial charge in [0.1, 0.15) is 0 Å². The van der Waals surface area contributed by atoms with Crippen molar-refractivity contribution in [2.45, 2.75) is 32.2 Å².